The Morgan fingerprint density at radius 2 is 1.82 bits per heavy atom. The van der Waals surface area contributed by atoms with Gasteiger partial charge in [0.2, 0.25) is 5.91 Å². The summed E-state index contributed by atoms with van der Waals surface area (Å²) in [6, 6.07) is 1.15. The van der Waals surface area contributed by atoms with Gasteiger partial charge in [-0.1, -0.05) is 0 Å². The van der Waals surface area contributed by atoms with Gasteiger partial charge < -0.3 is 10.6 Å². The van der Waals surface area contributed by atoms with E-state index in [0.717, 1.165) is 13.1 Å². The van der Waals surface area contributed by atoms with Crippen LogP contribution in [0.15, 0.2) is 0 Å². The molecule has 17 heavy (non-hydrogen) atoms. The summed E-state index contributed by atoms with van der Waals surface area (Å²) in [6.07, 6.45) is 2.47. The predicted molar refractivity (Wildman–Crippen MR) is 71.5 cm³/mol. The van der Waals surface area contributed by atoms with Crippen molar-refractivity contribution >= 4 is 18.3 Å². The van der Waals surface area contributed by atoms with Gasteiger partial charge in [-0.15, -0.1) is 12.4 Å². The summed E-state index contributed by atoms with van der Waals surface area (Å²) < 4.78 is 0. The molecule has 0 radical (unpaired) electrons. The van der Waals surface area contributed by atoms with E-state index in [0.29, 0.717) is 18.6 Å². The van der Waals surface area contributed by atoms with Crippen LogP contribution in [0.5, 0.6) is 0 Å². The van der Waals surface area contributed by atoms with Crippen LogP contribution in [-0.4, -0.2) is 48.1 Å². The molecule has 2 atom stereocenters. The average Bonchev–Trinajstić information content (AvgIpc) is 2.39. The molecule has 2 unspecified atom stereocenters. The molecule has 1 amide bonds. The molecule has 2 aliphatic heterocycles. The first-order chi connectivity index (χ1) is 7.46. The molecule has 2 aliphatic rings. The van der Waals surface area contributed by atoms with Gasteiger partial charge in [0.05, 0.1) is 6.54 Å². The number of carbonyl (C=O) groups is 1. The molecule has 0 saturated carbocycles. The summed E-state index contributed by atoms with van der Waals surface area (Å²) >= 11 is 0. The Balaban J connectivity index is 0.00000144. The van der Waals surface area contributed by atoms with Crippen LogP contribution in [0.3, 0.4) is 0 Å². The lowest BCUT2D eigenvalue weighted by Crippen LogP contribution is -2.55. The summed E-state index contributed by atoms with van der Waals surface area (Å²) in [6.45, 7) is 8.72. The minimum absolute atomic E-state index is 0. The molecule has 2 saturated heterocycles. The molecule has 0 aliphatic carbocycles. The van der Waals surface area contributed by atoms with Crippen LogP contribution in [0.1, 0.15) is 33.6 Å². The molecule has 5 heteroatoms. The second-order valence-electron chi connectivity index (χ2n) is 6.01. The Hall–Kier alpha value is -0.320. The van der Waals surface area contributed by atoms with Crippen LogP contribution in [0, 0.1) is 0 Å². The Bertz CT molecular complexity index is 261. The Kier molecular flexibility index (Phi) is 4.81. The standard InChI is InChI=1S/C12H23N3O.ClH/c1-12(2,3)14-11(16)8-15-9-4-5-10(15)7-13-6-9;/h9-10,13H,4-8H2,1-3H3,(H,14,16);1H. The first-order valence-electron chi connectivity index (χ1n) is 6.23. The van der Waals surface area contributed by atoms with Gasteiger partial charge in [0.1, 0.15) is 0 Å². The van der Waals surface area contributed by atoms with E-state index >= 15 is 0 Å². The molecule has 2 rings (SSSR count). The van der Waals surface area contributed by atoms with Gasteiger partial charge in [-0.2, -0.15) is 0 Å². The number of hydrogen-bond donors (Lipinski definition) is 2. The zero-order valence-electron chi connectivity index (χ0n) is 11.0. The van der Waals surface area contributed by atoms with Gasteiger partial charge in [0.15, 0.2) is 0 Å². The lowest BCUT2D eigenvalue weighted by molar-refractivity contribution is -0.124. The zero-order valence-corrected chi connectivity index (χ0v) is 11.8. The lowest BCUT2D eigenvalue weighted by Gasteiger charge is -2.35. The molecule has 2 fully saturated rings. The van der Waals surface area contributed by atoms with E-state index in [1.165, 1.54) is 12.8 Å². The molecule has 0 aromatic carbocycles. The molecular weight excluding hydrogens is 238 g/mol. The van der Waals surface area contributed by atoms with Gasteiger partial charge in [-0.25, -0.2) is 0 Å². The van der Waals surface area contributed by atoms with Crippen molar-refractivity contribution in [3.05, 3.63) is 0 Å². The molecule has 0 aromatic rings. The maximum atomic E-state index is 11.9. The highest BCUT2D eigenvalue weighted by atomic mass is 35.5. The summed E-state index contributed by atoms with van der Waals surface area (Å²) in [5, 5.41) is 6.46. The van der Waals surface area contributed by atoms with E-state index in [9.17, 15) is 4.79 Å². The van der Waals surface area contributed by atoms with Crippen LogP contribution in [0.4, 0.5) is 0 Å². The van der Waals surface area contributed by atoms with Crippen molar-refractivity contribution in [1.82, 2.24) is 15.5 Å². The first-order valence-corrected chi connectivity index (χ1v) is 6.23. The number of rotatable bonds is 2. The normalized spacial score (nSPS) is 28.6. The van der Waals surface area contributed by atoms with Crippen LogP contribution in [-0.2, 0) is 4.79 Å². The number of fused-ring (bicyclic) bond motifs is 2. The number of piperazine rings is 1. The molecule has 100 valence electrons. The minimum atomic E-state index is -0.121. The van der Waals surface area contributed by atoms with Crippen LogP contribution in [0.25, 0.3) is 0 Å². The first kappa shape index (κ1) is 14.7. The highest BCUT2D eigenvalue weighted by Gasteiger charge is 2.37. The summed E-state index contributed by atoms with van der Waals surface area (Å²) in [4.78, 5) is 14.2. The second-order valence-corrected chi connectivity index (χ2v) is 6.01. The third-order valence-electron chi connectivity index (χ3n) is 3.37. The molecular formula is C12H24ClN3O. The van der Waals surface area contributed by atoms with Crippen molar-refractivity contribution < 1.29 is 4.79 Å². The maximum absolute atomic E-state index is 11.9. The third kappa shape index (κ3) is 3.83. The predicted octanol–water partition coefficient (Wildman–Crippen LogP) is 0.759. The fourth-order valence-corrected chi connectivity index (χ4v) is 2.75. The Labute approximate surface area is 110 Å². The number of nitrogens with one attached hydrogen (secondary N) is 2. The van der Waals surface area contributed by atoms with E-state index in [4.69, 9.17) is 0 Å². The lowest BCUT2D eigenvalue weighted by atomic mass is 10.1. The van der Waals surface area contributed by atoms with E-state index in [-0.39, 0.29) is 23.9 Å². The number of carbonyl (C=O) groups excluding carboxylic acids is 1. The van der Waals surface area contributed by atoms with Crippen molar-refractivity contribution in [2.45, 2.75) is 51.2 Å². The largest absolute Gasteiger partial charge is 0.350 e. The Morgan fingerprint density at radius 3 is 2.29 bits per heavy atom. The fraction of sp³-hybridized carbons (Fsp3) is 0.917. The number of nitrogens with zero attached hydrogens (tertiary/aromatic N) is 1. The maximum Gasteiger partial charge on any atom is 0.234 e. The van der Waals surface area contributed by atoms with Gasteiger partial charge in [-0.05, 0) is 33.6 Å². The molecule has 2 N–H and O–H groups in total. The monoisotopic (exact) mass is 261 g/mol. The van der Waals surface area contributed by atoms with E-state index in [1.807, 2.05) is 20.8 Å². The van der Waals surface area contributed by atoms with E-state index < -0.39 is 0 Å². The van der Waals surface area contributed by atoms with Gasteiger partial charge >= 0.3 is 0 Å². The molecule has 0 aromatic heterocycles. The average molecular weight is 262 g/mol. The van der Waals surface area contributed by atoms with Gasteiger partial charge in [-0.3, -0.25) is 9.69 Å². The smallest absolute Gasteiger partial charge is 0.234 e. The van der Waals surface area contributed by atoms with Crippen molar-refractivity contribution in [2.75, 3.05) is 19.6 Å². The number of hydrogen-bond acceptors (Lipinski definition) is 3. The van der Waals surface area contributed by atoms with Crippen LogP contribution >= 0.6 is 12.4 Å². The van der Waals surface area contributed by atoms with Crippen molar-refractivity contribution in [2.24, 2.45) is 0 Å². The molecule has 2 bridgehead atoms. The summed E-state index contributed by atoms with van der Waals surface area (Å²) in [5.41, 5.74) is -0.121. The van der Waals surface area contributed by atoms with Crippen LogP contribution < -0.4 is 10.6 Å². The highest BCUT2D eigenvalue weighted by molar-refractivity contribution is 5.85. The zero-order chi connectivity index (χ0) is 11.8. The topological polar surface area (TPSA) is 44.4 Å². The highest BCUT2D eigenvalue weighted by Crippen LogP contribution is 2.25. The molecule has 2 heterocycles. The Morgan fingerprint density at radius 1 is 1.29 bits per heavy atom. The summed E-state index contributed by atoms with van der Waals surface area (Å²) in [5.74, 6) is 0.159. The summed E-state index contributed by atoms with van der Waals surface area (Å²) in [7, 11) is 0. The minimum Gasteiger partial charge on any atom is -0.350 e. The van der Waals surface area contributed by atoms with E-state index in [1.54, 1.807) is 0 Å². The number of halogens is 1. The van der Waals surface area contributed by atoms with Crippen molar-refractivity contribution in [3.8, 4) is 0 Å². The molecule has 4 nitrogen and oxygen atoms in total. The van der Waals surface area contributed by atoms with Gasteiger partial charge in [0.25, 0.3) is 0 Å². The van der Waals surface area contributed by atoms with Gasteiger partial charge in [0, 0.05) is 30.7 Å². The van der Waals surface area contributed by atoms with Crippen molar-refractivity contribution in [3.63, 3.8) is 0 Å². The fourth-order valence-electron chi connectivity index (χ4n) is 2.75. The van der Waals surface area contributed by atoms with Crippen LogP contribution in [0.2, 0.25) is 0 Å². The SMILES string of the molecule is CC(C)(C)NC(=O)CN1C2CCC1CNC2.Cl. The third-order valence-corrected chi connectivity index (χ3v) is 3.37. The quantitative estimate of drug-likeness (QED) is 0.772. The second kappa shape index (κ2) is 5.55. The molecule has 0 spiro atoms. The van der Waals surface area contributed by atoms with E-state index in [2.05, 4.69) is 15.5 Å². The number of amides is 1. The van der Waals surface area contributed by atoms with Crippen molar-refractivity contribution in [1.29, 1.82) is 0 Å².